The van der Waals surface area contributed by atoms with Crippen LogP contribution in [0, 0.1) is 0 Å². The third-order valence-corrected chi connectivity index (χ3v) is 6.34. The number of benzene rings is 3. The van der Waals surface area contributed by atoms with Gasteiger partial charge in [-0.1, -0.05) is 73.7 Å². The molecule has 0 saturated heterocycles. The van der Waals surface area contributed by atoms with E-state index in [0.717, 1.165) is 35.2 Å². The molecule has 0 spiro atoms. The molecule has 142 valence electrons. The van der Waals surface area contributed by atoms with Crippen LogP contribution in [0.4, 0.5) is 5.69 Å². The van der Waals surface area contributed by atoms with Crippen molar-refractivity contribution in [3.05, 3.63) is 99.5 Å². The van der Waals surface area contributed by atoms with E-state index in [0.29, 0.717) is 12.3 Å². The van der Waals surface area contributed by atoms with Crippen LogP contribution in [0.5, 0.6) is 0 Å². The standard InChI is InChI=1S/C25H24BrNO/c1-18-12-15-23(28)24-21(18)13-14-22(25(24)26)27(16-19-8-4-2-5-9-19)17-20-10-6-3-7-11-20/h2-11,13-14,18H,12,15-17H2,1H3. The highest BCUT2D eigenvalue weighted by molar-refractivity contribution is 9.10. The Kier molecular flexibility index (Phi) is 5.63. The Balaban J connectivity index is 1.75. The molecule has 0 radical (unpaired) electrons. The highest BCUT2D eigenvalue weighted by atomic mass is 79.9. The number of nitrogens with zero attached hydrogens (tertiary/aromatic N) is 1. The lowest BCUT2D eigenvalue weighted by Gasteiger charge is -2.30. The van der Waals surface area contributed by atoms with E-state index < -0.39 is 0 Å². The van der Waals surface area contributed by atoms with Crippen molar-refractivity contribution in [3.8, 4) is 0 Å². The van der Waals surface area contributed by atoms with Crippen LogP contribution < -0.4 is 4.90 Å². The summed E-state index contributed by atoms with van der Waals surface area (Å²) in [6.07, 6.45) is 1.57. The van der Waals surface area contributed by atoms with Gasteiger partial charge in [-0.15, -0.1) is 0 Å². The number of Topliss-reactive ketones (excluding diaryl/α,β-unsaturated/α-hetero) is 1. The van der Waals surface area contributed by atoms with E-state index >= 15 is 0 Å². The number of hydrogen-bond donors (Lipinski definition) is 0. The van der Waals surface area contributed by atoms with E-state index in [1.807, 2.05) is 12.1 Å². The molecule has 3 heteroatoms. The van der Waals surface area contributed by atoms with Gasteiger partial charge in [0.1, 0.15) is 0 Å². The Labute approximate surface area is 175 Å². The second-order valence-corrected chi connectivity index (χ2v) is 8.35. The molecule has 0 heterocycles. The molecule has 0 N–H and O–H groups in total. The fraction of sp³-hybridized carbons (Fsp3) is 0.240. The van der Waals surface area contributed by atoms with Crippen molar-refractivity contribution in [3.63, 3.8) is 0 Å². The number of anilines is 1. The predicted octanol–water partition coefficient (Wildman–Crippen LogP) is 6.74. The van der Waals surface area contributed by atoms with Gasteiger partial charge < -0.3 is 4.90 Å². The molecular weight excluding hydrogens is 410 g/mol. The summed E-state index contributed by atoms with van der Waals surface area (Å²) in [5.41, 5.74) is 5.63. The van der Waals surface area contributed by atoms with Crippen molar-refractivity contribution in [1.82, 2.24) is 0 Å². The van der Waals surface area contributed by atoms with Gasteiger partial charge in [-0.2, -0.15) is 0 Å². The van der Waals surface area contributed by atoms with Crippen molar-refractivity contribution >= 4 is 27.4 Å². The Hall–Kier alpha value is -2.39. The van der Waals surface area contributed by atoms with Gasteiger partial charge in [0.15, 0.2) is 5.78 Å². The van der Waals surface area contributed by atoms with Crippen LogP contribution in [0.15, 0.2) is 77.3 Å². The highest BCUT2D eigenvalue weighted by Gasteiger charge is 2.27. The molecule has 1 unspecified atom stereocenters. The third kappa shape index (κ3) is 3.90. The first kappa shape index (κ1) is 18.9. The maximum atomic E-state index is 12.7. The summed E-state index contributed by atoms with van der Waals surface area (Å²) in [5.74, 6) is 0.677. The van der Waals surface area contributed by atoms with Crippen molar-refractivity contribution in [2.24, 2.45) is 0 Å². The molecule has 0 fully saturated rings. The van der Waals surface area contributed by atoms with E-state index in [9.17, 15) is 4.79 Å². The van der Waals surface area contributed by atoms with Crippen LogP contribution in [0.2, 0.25) is 0 Å². The van der Waals surface area contributed by atoms with Crippen molar-refractivity contribution in [1.29, 1.82) is 0 Å². The van der Waals surface area contributed by atoms with Crippen molar-refractivity contribution in [2.45, 2.75) is 38.8 Å². The molecular formula is C25H24BrNO. The Morgan fingerprint density at radius 3 is 2.04 bits per heavy atom. The van der Waals surface area contributed by atoms with Crippen LogP contribution in [-0.4, -0.2) is 5.78 Å². The second kappa shape index (κ2) is 8.32. The zero-order valence-electron chi connectivity index (χ0n) is 16.1. The lowest BCUT2D eigenvalue weighted by atomic mass is 9.83. The maximum absolute atomic E-state index is 12.7. The normalized spacial score (nSPS) is 15.9. The lowest BCUT2D eigenvalue weighted by Crippen LogP contribution is -2.24. The van der Waals surface area contributed by atoms with Gasteiger partial charge in [0.05, 0.1) is 10.2 Å². The predicted molar refractivity (Wildman–Crippen MR) is 119 cm³/mol. The number of rotatable bonds is 5. The minimum absolute atomic E-state index is 0.251. The molecule has 3 aromatic rings. The smallest absolute Gasteiger partial charge is 0.164 e. The topological polar surface area (TPSA) is 20.3 Å². The monoisotopic (exact) mass is 433 g/mol. The Morgan fingerprint density at radius 2 is 1.46 bits per heavy atom. The van der Waals surface area contributed by atoms with Crippen LogP contribution in [-0.2, 0) is 13.1 Å². The molecule has 1 atom stereocenters. The zero-order chi connectivity index (χ0) is 19.5. The Morgan fingerprint density at radius 1 is 0.893 bits per heavy atom. The molecule has 0 saturated carbocycles. The first-order valence-electron chi connectivity index (χ1n) is 9.82. The van der Waals surface area contributed by atoms with Crippen molar-refractivity contribution < 1.29 is 4.79 Å². The summed E-state index contributed by atoms with van der Waals surface area (Å²) >= 11 is 3.80. The number of ketones is 1. The first-order chi connectivity index (χ1) is 13.6. The fourth-order valence-electron chi connectivity index (χ4n) is 3.98. The minimum atomic E-state index is 0.251. The summed E-state index contributed by atoms with van der Waals surface area (Å²) < 4.78 is 0.938. The van der Waals surface area contributed by atoms with E-state index in [4.69, 9.17) is 0 Å². The van der Waals surface area contributed by atoms with Gasteiger partial charge in [-0.25, -0.2) is 0 Å². The van der Waals surface area contributed by atoms with E-state index in [1.54, 1.807) is 0 Å². The molecule has 1 aliphatic carbocycles. The molecule has 0 aromatic heterocycles. The number of halogens is 1. The van der Waals surface area contributed by atoms with E-state index in [-0.39, 0.29) is 5.78 Å². The number of carbonyl (C=O) groups is 1. The summed E-state index contributed by atoms with van der Waals surface area (Å²) in [7, 11) is 0. The lowest BCUT2D eigenvalue weighted by molar-refractivity contribution is 0.0967. The summed E-state index contributed by atoms with van der Waals surface area (Å²) in [6, 6.07) is 25.3. The van der Waals surface area contributed by atoms with Gasteiger partial charge >= 0.3 is 0 Å². The Bertz CT molecular complexity index is 927. The molecule has 1 aliphatic rings. The largest absolute Gasteiger partial charge is 0.362 e. The van der Waals surface area contributed by atoms with Gasteiger partial charge in [-0.3, -0.25) is 4.79 Å². The van der Waals surface area contributed by atoms with Gasteiger partial charge in [-0.05, 0) is 51.0 Å². The number of hydrogen-bond acceptors (Lipinski definition) is 2. The molecule has 0 aliphatic heterocycles. The third-order valence-electron chi connectivity index (χ3n) is 5.54. The van der Waals surface area contributed by atoms with Crippen LogP contribution in [0.3, 0.4) is 0 Å². The second-order valence-electron chi connectivity index (χ2n) is 7.55. The zero-order valence-corrected chi connectivity index (χ0v) is 17.7. The SMILES string of the molecule is CC1CCC(=O)c2c1ccc(N(Cc1ccccc1)Cc1ccccc1)c2Br. The number of fused-ring (bicyclic) bond motifs is 1. The average Bonchev–Trinajstić information content (AvgIpc) is 2.72. The van der Waals surface area contributed by atoms with Crippen LogP contribution >= 0.6 is 15.9 Å². The maximum Gasteiger partial charge on any atom is 0.164 e. The molecule has 28 heavy (non-hydrogen) atoms. The van der Waals surface area contributed by atoms with Gasteiger partial charge in [0.2, 0.25) is 0 Å². The molecule has 0 amide bonds. The van der Waals surface area contributed by atoms with Crippen LogP contribution in [0.25, 0.3) is 0 Å². The summed E-state index contributed by atoms with van der Waals surface area (Å²) in [4.78, 5) is 15.0. The quantitative estimate of drug-likeness (QED) is 0.444. The minimum Gasteiger partial charge on any atom is -0.362 e. The van der Waals surface area contributed by atoms with Gasteiger partial charge in [0.25, 0.3) is 0 Å². The van der Waals surface area contributed by atoms with Crippen LogP contribution in [0.1, 0.15) is 52.7 Å². The first-order valence-corrected chi connectivity index (χ1v) is 10.6. The average molecular weight is 434 g/mol. The van der Waals surface area contributed by atoms with Crippen molar-refractivity contribution in [2.75, 3.05) is 4.90 Å². The van der Waals surface area contributed by atoms with E-state index in [2.05, 4.69) is 88.4 Å². The molecule has 2 nitrogen and oxygen atoms in total. The fourth-order valence-corrected chi connectivity index (χ4v) is 4.81. The summed E-state index contributed by atoms with van der Waals surface area (Å²) in [5, 5.41) is 0. The molecule has 3 aromatic carbocycles. The number of carbonyl (C=O) groups excluding carboxylic acids is 1. The summed E-state index contributed by atoms with van der Waals surface area (Å²) in [6.45, 7) is 3.79. The molecule has 0 bridgehead atoms. The van der Waals surface area contributed by atoms with E-state index in [1.165, 1.54) is 16.7 Å². The van der Waals surface area contributed by atoms with Gasteiger partial charge in [0, 0.05) is 25.1 Å². The highest BCUT2D eigenvalue weighted by Crippen LogP contribution is 2.40. The molecule has 4 rings (SSSR count).